The molecule has 1 aliphatic heterocycles. The molecule has 0 amide bonds. The third-order valence-electron chi connectivity index (χ3n) is 4.48. The minimum atomic E-state index is 0.341. The van der Waals surface area contributed by atoms with Crippen LogP contribution in [0.15, 0.2) is 42.9 Å². The smallest absolute Gasteiger partial charge is 0.0755 e. The number of aromatic nitrogens is 2. The number of benzene rings is 1. The molecule has 1 N–H and O–H groups in total. The van der Waals surface area contributed by atoms with Crippen LogP contribution in [0.25, 0.3) is 0 Å². The van der Waals surface area contributed by atoms with E-state index >= 15 is 0 Å². The van der Waals surface area contributed by atoms with Crippen molar-refractivity contribution in [2.45, 2.75) is 38.8 Å². The van der Waals surface area contributed by atoms with Crippen molar-refractivity contribution >= 4 is 5.69 Å². The summed E-state index contributed by atoms with van der Waals surface area (Å²) in [5.41, 5.74) is 3.60. The van der Waals surface area contributed by atoms with Gasteiger partial charge in [0, 0.05) is 43.4 Å². The number of nitrogens with one attached hydrogen (secondary N) is 1. The van der Waals surface area contributed by atoms with E-state index in [0.29, 0.717) is 12.1 Å². The van der Waals surface area contributed by atoms with Crippen molar-refractivity contribution in [3.63, 3.8) is 0 Å². The number of piperidine rings is 1. The average Bonchev–Trinajstić information content (AvgIpc) is 2.56. The van der Waals surface area contributed by atoms with E-state index < -0.39 is 0 Å². The summed E-state index contributed by atoms with van der Waals surface area (Å²) >= 11 is 0. The van der Waals surface area contributed by atoms with Gasteiger partial charge in [0.25, 0.3) is 0 Å². The van der Waals surface area contributed by atoms with Crippen LogP contribution in [0.4, 0.5) is 5.69 Å². The van der Waals surface area contributed by atoms with E-state index in [1.807, 2.05) is 6.20 Å². The van der Waals surface area contributed by atoms with Gasteiger partial charge < -0.3 is 5.32 Å². The van der Waals surface area contributed by atoms with Crippen LogP contribution in [0.3, 0.4) is 0 Å². The van der Waals surface area contributed by atoms with Gasteiger partial charge in [-0.2, -0.15) is 0 Å². The van der Waals surface area contributed by atoms with Crippen LogP contribution in [0.1, 0.15) is 37.1 Å². The fourth-order valence-corrected chi connectivity index (χ4v) is 3.12. The standard InChI is InChI=1S/C18H24N4/c1-14-4-3-5-17(12-14)21-16-6-10-22(11-7-16)15(2)18-13-19-8-9-20-18/h3-5,8-9,12-13,15-16,21H,6-7,10-11H2,1-2H3/t15-/m1/s1. The Morgan fingerprint density at radius 1 is 1.23 bits per heavy atom. The fraction of sp³-hybridized carbons (Fsp3) is 0.444. The summed E-state index contributed by atoms with van der Waals surface area (Å²) < 4.78 is 0. The Morgan fingerprint density at radius 3 is 2.73 bits per heavy atom. The first-order valence-corrected chi connectivity index (χ1v) is 8.05. The summed E-state index contributed by atoms with van der Waals surface area (Å²) in [7, 11) is 0. The second-order valence-electron chi connectivity index (χ2n) is 6.13. The highest BCUT2D eigenvalue weighted by Crippen LogP contribution is 2.24. The predicted molar refractivity (Wildman–Crippen MR) is 89.8 cm³/mol. The number of aryl methyl sites for hydroxylation is 1. The highest BCUT2D eigenvalue weighted by molar-refractivity contribution is 5.46. The fourth-order valence-electron chi connectivity index (χ4n) is 3.12. The zero-order chi connectivity index (χ0) is 15.4. The van der Waals surface area contributed by atoms with Gasteiger partial charge in [0.05, 0.1) is 11.7 Å². The van der Waals surface area contributed by atoms with Crippen molar-refractivity contribution in [1.29, 1.82) is 0 Å². The van der Waals surface area contributed by atoms with Crippen LogP contribution >= 0.6 is 0 Å². The van der Waals surface area contributed by atoms with Crippen molar-refractivity contribution < 1.29 is 0 Å². The quantitative estimate of drug-likeness (QED) is 0.938. The monoisotopic (exact) mass is 296 g/mol. The SMILES string of the molecule is Cc1cccc(NC2CCN([C@H](C)c3cnccn3)CC2)c1. The van der Waals surface area contributed by atoms with Crippen molar-refractivity contribution in [3.8, 4) is 0 Å². The van der Waals surface area contributed by atoms with Gasteiger partial charge in [0.1, 0.15) is 0 Å². The number of anilines is 1. The number of rotatable bonds is 4. The first kappa shape index (κ1) is 15.0. The summed E-state index contributed by atoms with van der Waals surface area (Å²) in [6, 6.07) is 9.52. The first-order valence-electron chi connectivity index (χ1n) is 8.05. The molecule has 22 heavy (non-hydrogen) atoms. The van der Waals surface area contributed by atoms with Gasteiger partial charge in [-0.25, -0.2) is 0 Å². The molecule has 4 heteroatoms. The Hall–Kier alpha value is -1.94. The molecule has 0 aliphatic carbocycles. The lowest BCUT2D eigenvalue weighted by molar-refractivity contribution is 0.164. The highest BCUT2D eigenvalue weighted by Gasteiger charge is 2.24. The summed E-state index contributed by atoms with van der Waals surface area (Å²) in [5, 5.41) is 3.67. The third kappa shape index (κ3) is 3.63. The molecule has 0 bridgehead atoms. The lowest BCUT2D eigenvalue weighted by atomic mass is 10.0. The molecule has 116 valence electrons. The van der Waals surface area contributed by atoms with Crippen LogP contribution in [0.5, 0.6) is 0 Å². The molecule has 4 nitrogen and oxygen atoms in total. The van der Waals surface area contributed by atoms with Gasteiger partial charge in [0.2, 0.25) is 0 Å². The molecule has 1 saturated heterocycles. The second kappa shape index (κ2) is 6.88. The van der Waals surface area contributed by atoms with Crippen LogP contribution < -0.4 is 5.32 Å². The summed E-state index contributed by atoms with van der Waals surface area (Å²) in [5.74, 6) is 0. The molecule has 1 aliphatic rings. The Bertz CT molecular complexity index is 591. The predicted octanol–water partition coefficient (Wildman–Crippen LogP) is 3.42. The van der Waals surface area contributed by atoms with E-state index in [4.69, 9.17) is 0 Å². The van der Waals surface area contributed by atoms with Crippen molar-refractivity contribution in [3.05, 3.63) is 54.1 Å². The second-order valence-corrected chi connectivity index (χ2v) is 6.13. The molecule has 0 radical (unpaired) electrons. The van der Waals surface area contributed by atoms with Crippen molar-refractivity contribution in [2.24, 2.45) is 0 Å². The summed E-state index contributed by atoms with van der Waals surface area (Å²) in [6.07, 6.45) is 7.71. The van der Waals surface area contributed by atoms with Gasteiger partial charge >= 0.3 is 0 Å². The van der Waals surface area contributed by atoms with E-state index in [2.05, 4.69) is 58.3 Å². The molecule has 0 spiro atoms. The Kier molecular flexibility index (Phi) is 4.68. The molecule has 3 rings (SSSR count). The van der Waals surface area contributed by atoms with Gasteiger partial charge in [-0.05, 0) is 44.4 Å². The lowest BCUT2D eigenvalue weighted by Gasteiger charge is -2.36. The normalized spacial score (nSPS) is 18.1. The van der Waals surface area contributed by atoms with E-state index in [0.717, 1.165) is 18.8 Å². The highest BCUT2D eigenvalue weighted by atomic mass is 15.2. The Morgan fingerprint density at radius 2 is 2.05 bits per heavy atom. The van der Waals surface area contributed by atoms with E-state index in [1.54, 1.807) is 12.4 Å². The topological polar surface area (TPSA) is 41.0 Å². The minimum absolute atomic E-state index is 0.341. The molecule has 1 aromatic carbocycles. The van der Waals surface area contributed by atoms with Crippen LogP contribution in [-0.4, -0.2) is 34.0 Å². The molecule has 0 unspecified atom stereocenters. The van der Waals surface area contributed by atoms with Crippen LogP contribution in [0.2, 0.25) is 0 Å². The maximum absolute atomic E-state index is 4.43. The van der Waals surface area contributed by atoms with Crippen molar-refractivity contribution in [2.75, 3.05) is 18.4 Å². The van der Waals surface area contributed by atoms with Gasteiger partial charge in [-0.15, -0.1) is 0 Å². The van der Waals surface area contributed by atoms with Crippen LogP contribution in [0, 0.1) is 6.92 Å². The molecule has 2 aromatic rings. The zero-order valence-electron chi connectivity index (χ0n) is 13.4. The molecule has 2 heterocycles. The third-order valence-corrected chi connectivity index (χ3v) is 4.48. The van der Waals surface area contributed by atoms with E-state index in [-0.39, 0.29) is 0 Å². The van der Waals surface area contributed by atoms with Gasteiger partial charge in [0.15, 0.2) is 0 Å². The zero-order valence-corrected chi connectivity index (χ0v) is 13.4. The Balaban J connectivity index is 1.54. The number of hydrogen-bond donors (Lipinski definition) is 1. The average molecular weight is 296 g/mol. The number of nitrogens with zero attached hydrogens (tertiary/aromatic N) is 3. The molecular weight excluding hydrogens is 272 g/mol. The maximum Gasteiger partial charge on any atom is 0.0755 e. The number of hydrogen-bond acceptors (Lipinski definition) is 4. The molecule has 1 aromatic heterocycles. The molecule has 1 atom stereocenters. The molecular formula is C18H24N4. The Labute approximate surface area is 132 Å². The van der Waals surface area contributed by atoms with Gasteiger partial charge in [-0.1, -0.05) is 12.1 Å². The summed E-state index contributed by atoms with van der Waals surface area (Å²) in [6.45, 7) is 6.55. The molecule has 1 fully saturated rings. The maximum atomic E-state index is 4.43. The van der Waals surface area contributed by atoms with Crippen LogP contribution in [-0.2, 0) is 0 Å². The molecule has 0 saturated carbocycles. The van der Waals surface area contributed by atoms with E-state index in [1.165, 1.54) is 24.1 Å². The summed E-state index contributed by atoms with van der Waals surface area (Å²) in [4.78, 5) is 11.1. The lowest BCUT2D eigenvalue weighted by Crippen LogP contribution is -2.40. The van der Waals surface area contributed by atoms with Crippen molar-refractivity contribution in [1.82, 2.24) is 14.9 Å². The van der Waals surface area contributed by atoms with Gasteiger partial charge in [-0.3, -0.25) is 14.9 Å². The minimum Gasteiger partial charge on any atom is -0.382 e. The van der Waals surface area contributed by atoms with E-state index in [9.17, 15) is 0 Å². The largest absolute Gasteiger partial charge is 0.382 e. The number of likely N-dealkylation sites (tertiary alicyclic amines) is 1. The first-order chi connectivity index (χ1) is 10.7.